The standard InChI is InChI=1S/C10H12N2.C6H9N.C2H6/c1-3-7-8(4-2)10(12)6-5-9(7)11;1-3-5-6(7)4-2;1-2/h3-6H,1-2,11-12H2;3-5H,1-2,7H2;1-2H3/b;6-5+;. The van der Waals surface area contributed by atoms with Crippen molar-refractivity contribution in [2.75, 3.05) is 11.5 Å². The van der Waals surface area contributed by atoms with E-state index in [-0.39, 0.29) is 0 Å². The van der Waals surface area contributed by atoms with Crippen LogP contribution in [0.1, 0.15) is 25.0 Å². The van der Waals surface area contributed by atoms with E-state index in [9.17, 15) is 0 Å². The second kappa shape index (κ2) is 12.4. The first-order valence-corrected chi connectivity index (χ1v) is 6.65. The summed E-state index contributed by atoms with van der Waals surface area (Å²) in [6.07, 6.45) is 8.25. The van der Waals surface area contributed by atoms with E-state index in [0.717, 1.165) is 11.1 Å². The van der Waals surface area contributed by atoms with Crippen LogP contribution in [0.4, 0.5) is 11.4 Å². The summed E-state index contributed by atoms with van der Waals surface area (Å²) < 4.78 is 0. The number of rotatable bonds is 4. The van der Waals surface area contributed by atoms with Crippen LogP contribution in [-0.4, -0.2) is 0 Å². The fraction of sp³-hybridized carbons (Fsp3) is 0.111. The number of allylic oxidation sites excluding steroid dienone is 3. The van der Waals surface area contributed by atoms with Crippen molar-refractivity contribution in [3.05, 3.63) is 73.5 Å². The molecule has 0 saturated heterocycles. The third-order valence-corrected chi connectivity index (χ3v) is 2.31. The van der Waals surface area contributed by atoms with Gasteiger partial charge < -0.3 is 17.2 Å². The van der Waals surface area contributed by atoms with Gasteiger partial charge in [-0.1, -0.05) is 58.4 Å². The molecular formula is C18H27N3. The van der Waals surface area contributed by atoms with Gasteiger partial charge in [-0.25, -0.2) is 0 Å². The molecule has 0 aliphatic rings. The van der Waals surface area contributed by atoms with E-state index in [1.54, 1.807) is 42.5 Å². The minimum Gasteiger partial charge on any atom is -0.399 e. The third kappa shape index (κ3) is 7.47. The first-order valence-electron chi connectivity index (χ1n) is 6.65. The van der Waals surface area contributed by atoms with E-state index in [1.165, 1.54) is 0 Å². The van der Waals surface area contributed by atoms with E-state index < -0.39 is 0 Å². The van der Waals surface area contributed by atoms with E-state index >= 15 is 0 Å². The molecule has 6 N–H and O–H groups in total. The Morgan fingerprint density at radius 1 is 0.905 bits per heavy atom. The van der Waals surface area contributed by atoms with Crippen LogP contribution in [0.2, 0.25) is 0 Å². The van der Waals surface area contributed by atoms with Crippen molar-refractivity contribution in [3.63, 3.8) is 0 Å². The largest absolute Gasteiger partial charge is 0.399 e. The molecule has 114 valence electrons. The molecule has 0 heterocycles. The molecule has 0 aliphatic heterocycles. The van der Waals surface area contributed by atoms with Gasteiger partial charge in [0, 0.05) is 28.2 Å². The molecule has 1 rings (SSSR count). The van der Waals surface area contributed by atoms with E-state index in [1.807, 2.05) is 13.8 Å². The van der Waals surface area contributed by atoms with Crippen molar-refractivity contribution in [1.29, 1.82) is 0 Å². The van der Waals surface area contributed by atoms with E-state index in [4.69, 9.17) is 17.2 Å². The molecule has 1 aromatic carbocycles. The van der Waals surface area contributed by atoms with Crippen LogP contribution in [0.25, 0.3) is 12.2 Å². The highest BCUT2D eigenvalue weighted by Gasteiger charge is 2.02. The van der Waals surface area contributed by atoms with Crippen LogP contribution < -0.4 is 17.2 Å². The van der Waals surface area contributed by atoms with Crippen molar-refractivity contribution < 1.29 is 0 Å². The Bertz CT molecular complexity index is 478. The second-order valence-corrected chi connectivity index (χ2v) is 3.59. The number of hydrogen-bond acceptors (Lipinski definition) is 3. The third-order valence-electron chi connectivity index (χ3n) is 2.31. The van der Waals surface area contributed by atoms with Crippen LogP contribution in [0.15, 0.2) is 62.4 Å². The first-order chi connectivity index (χ1) is 10.0. The predicted octanol–water partition coefficient (Wildman–Crippen LogP) is 4.36. The highest BCUT2D eigenvalue weighted by atomic mass is 14.6. The minimum atomic E-state index is 0.648. The van der Waals surface area contributed by atoms with Gasteiger partial charge in [-0.15, -0.1) is 0 Å². The fourth-order valence-corrected chi connectivity index (χ4v) is 1.33. The Labute approximate surface area is 128 Å². The Morgan fingerprint density at radius 3 is 1.48 bits per heavy atom. The highest BCUT2D eigenvalue weighted by Crippen LogP contribution is 2.24. The Hall–Kier alpha value is -2.68. The van der Waals surface area contributed by atoms with Gasteiger partial charge in [0.15, 0.2) is 0 Å². The molecule has 1 aromatic rings. The quantitative estimate of drug-likeness (QED) is 0.568. The smallest absolute Gasteiger partial charge is 0.0395 e. The summed E-state index contributed by atoms with van der Waals surface area (Å²) in [6.45, 7) is 18.2. The maximum atomic E-state index is 5.70. The van der Waals surface area contributed by atoms with E-state index in [0.29, 0.717) is 17.1 Å². The van der Waals surface area contributed by atoms with Crippen LogP contribution in [0.3, 0.4) is 0 Å². The minimum absolute atomic E-state index is 0.648. The van der Waals surface area contributed by atoms with Gasteiger partial charge in [-0.05, 0) is 24.3 Å². The molecule has 3 nitrogen and oxygen atoms in total. The molecule has 0 aromatic heterocycles. The summed E-state index contributed by atoms with van der Waals surface area (Å²) in [5.41, 5.74) is 20.4. The van der Waals surface area contributed by atoms with Crippen LogP contribution in [-0.2, 0) is 0 Å². The summed E-state index contributed by atoms with van der Waals surface area (Å²) in [5, 5.41) is 0. The zero-order valence-electron chi connectivity index (χ0n) is 13.1. The number of nitrogens with two attached hydrogens (primary N) is 3. The molecule has 0 fully saturated rings. The van der Waals surface area contributed by atoms with Crippen LogP contribution in [0.5, 0.6) is 0 Å². The molecule has 0 atom stereocenters. The van der Waals surface area contributed by atoms with Gasteiger partial charge in [0.05, 0.1) is 0 Å². The number of nitrogen functional groups attached to an aromatic ring is 2. The zero-order chi connectivity index (χ0) is 16.8. The molecule has 0 aliphatic carbocycles. The Balaban J connectivity index is 0. The first kappa shape index (κ1) is 20.6. The van der Waals surface area contributed by atoms with Gasteiger partial charge >= 0.3 is 0 Å². The van der Waals surface area contributed by atoms with Crippen molar-refractivity contribution in [2.45, 2.75) is 13.8 Å². The van der Waals surface area contributed by atoms with Gasteiger partial charge in [0.1, 0.15) is 0 Å². The average Bonchev–Trinajstić information content (AvgIpc) is 2.52. The number of anilines is 2. The lowest BCUT2D eigenvalue weighted by molar-refractivity contribution is 1.44. The molecule has 0 radical (unpaired) electrons. The summed E-state index contributed by atoms with van der Waals surface area (Å²) in [6, 6.07) is 3.53. The van der Waals surface area contributed by atoms with E-state index in [2.05, 4.69) is 26.3 Å². The lowest BCUT2D eigenvalue weighted by Crippen LogP contribution is -1.96. The maximum absolute atomic E-state index is 5.70. The monoisotopic (exact) mass is 285 g/mol. The van der Waals surface area contributed by atoms with Gasteiger partial charge in [-0.3, -0.25) is 0 Å². The fourth-order valence-electron chi connectivity index (χ4n) is 1.33. The highest BCUT2D eigenvalue weighted by molar-refractivity contribution is 5.80. The van der Waals surface area contributed by atoms with Gasteiger partial charge in [0.25, 0.3) is 0 Å². The van der Waals surface area contributed by atoms with Crippen molar-refractivity contribution in [1.82, 2.24) is 0 Å². The molecule has 0 spiro atoms. The predicted molar refractivity (Wildman–Crippen MR) is 99.5 cm³/mol. The van der Waals surface area contributed by atoms with Crippen molar-refractivity contribution >= 4 is 23.5 Å². The second-order valence-electron chi connectivity index (χ2n) is 3.59. The average molecular weight is 285 g/mol. The van der Waals surface area contributed by atoms with Crippen LogP contribution in [0, 0.1) is 0 Å². The normalized spacial score (nSPS) is 9.14. The Kier molecular flexibility index (Phi) is 12.1. The summed E-state index contributed by atoms with van der Waals surface area (Å²) in [4.78, 5) is 0. The van der Waals surface area contributed by atoms with Crippen molar-refractivity contribution in [2.24, 2.45) is 5.73 Å². The van der Waals surface area contributed by atoms with Crippen molar-refractivity contribution in [3.8, 4) is 0 Å². The molecule has 0 bridgehead atoms. The molecular weight excluding hydrogens is 258 g/mol. The van der Waals surface area contributed by atoms with Crippen LogP contribution >= 0.6 is 0 Å². The molecule has 0 amide bonds. The maximum Gasteiger partial charge on any atom is 0.0395 e. The topological polar surface area (TPSA) is 78.1 Å². The molecule has 0 saturated carbocycles. The van der Waals surface area contributed by atoms with Gasteiger partial charge in [0.2, 0.25) is 0 Å². The SMILES string of the molecule is C=C/C=C(/N)C=C.C=Cc1c(N)ccc(N)c1C=C.CC. The Morgan fingerprint density at radius 2 is 1.29 bits per heavy atom. The lowest BCUT2D eigenvalue weighted by atomic mass is 10.0. The summed E-state index contributed by atoms with van der Waals surface area (Å²) in [7, 11) is 0. The summed E-state index contributed by atoms with van der Waals surface area (Å²) >= 11 is 0. The lowest BCUT2D eigenvalue weighted by Gasteiger charge is -2.07. The molecule has 0 unspecified atom stereocenters. The number of hydrogen-bond donors (Lipinski definition) is 3. The summed E-state index contributed by atoms with van der Waals surface area (Å²) in [5.74, 6) is 0. The molecule has 21 heavy (non-hydrogen) atoms. The van der Waals surface area contributed by atoms with Gasteiger partial charge in [-0.2, -0.15) is 0 Å². The molecule has 3 heteroatoms. The zero-order valence-corrected chi connectivity index (χ0v) is 13.1. The number of benzene rings is 1.